The molecule has 0 fully saturated rings. The van der Waals surface area contributed by atoms with Crippen LogP contribution in [0.4, 0.5) is 11.4 Å². The number of nitrogens with zero attached hydrogens (tertiary/aromatic N) is 2. The molecule has 0 saturated carbocycles. The Morgan fingerprint density at radius 2 is 1.00 bits per heavy atom. The third-order valence-electron chi connectivity index (χ3n) is 4.20. The first-order chi connectivity index (χ1) is 11.7. The zero-order valence-electron chi connectivity index (χ0n) is 15.1. The minimum Gasteiger partial charge on any atom is -0.303 e. The summed E-state index contributed by atoms with van der Waals surface area (Å²) in [5.41, 5.74) is 2.53. The van der Waals surface area contributed by atoms with E-state index in [1.165, 1.54) is 11.4 Å². The molecule has 0 aliphatic rings. The van der Waals surface area contributed by atoms with Gasteiger partial charge in [-0.3, -0.25) is 0 Å². The van der Waals surface area contributed by atoms with E-state index in [0.717, 1.165) is 12.8 Å². The van der Waals surface area contributed by atoms with Gasteiger partial charge in [0.1, 0.15) is 0 Å². The molecule has 0 aromatic heterocycles. The van der Waals surface area contributed by atoms with Crippen LogP contribution >= 0.6 is 22.0 Å². The van der Waals surface area contributed by atoms with Crippen LogP contribution in [-0.2, 0) is 0 Å². The van der Waals surface area contributed by atoms with Crippen molar-refractivity contribution < 1.29 is 0 Å². The topological polar surface area (TPSA) is 6.48 Å². The van der Waals surface area contributed by atoms with E-state index in [1.807, 2.05) is 22.0 Å². The summed E-state index contributed by atoms with van der Waals surface area (Å²) in [7, 11) is 3.66. The van der Waals surface area contributed by atoms with Crippen molar-refractivity contribution >= 4 is 33.3 Å². The molecule has 0 saturated heterocycles. The lowest BCUT2D eigenvalue weighted by molar-refractivity contribution is 0.719. The first-order valence-corrected chi connectivity index (χ1v) is 10.8. The molecule has 0 radical (unpaired) electrons. The second kappa shape index (κ2) is 9.90. The quantitative estimate of drug-likeness (QED) is 0.358. The van der Waals surface area contributed by atoms with Crippen LogP contribution in [0, 0.1) is 0 Å². The molecule has 2 nitrogen and oxygen atoms in total. The fraction of sp³-hybridized carbons (Fsp3) is 0.400. The maximum absolute atomic E-state index is 2.42. The van der Waals surface area contributed by atoms with Crippen molar-refractivity contribution in [3.05, 3.63) is 60.7 Å². The molecule has 24 heavy (non-hydrogen) atoms. The van der Waals surface area contributed by atoms with Gasteiger partial charge in [-0.1, -0.05) is 50.2 Å². The summed E-state index contributed by atoms with van der Waals surface area (Å²) in [5, 5.41) is 0. The Hall–Kier alpha value is -1.26. The Labute approximate surface area is 155 Å². The first-order valence-electron chi connectivity index (χ1n) is 8.70. The van der Waals surface area contributed by atoms with Gasteiger partial charge >= 0.3 is 0 Å². The van der Waals surface area contributed by atoms with Crippen molar-refractivity contribution in [1.82, 2.24) is 0 Å². The Kier molecular flexibility index (Phi) is 7.86. The van der Waals surface area contributed by atoms with Crippen LogP contribution in [0.3, 0.4) is 0 Å². The molecule has 0 spiro atoms. The highest BCUT2D eigenvalue weighted by Crippen LogP contribution is 2.40. The highest BCUT2D eigenvalue weighted by molar-refractivity contribution is 8.77. The predicted molar refractivity (Wildman–Crippen MR) is 113 cm³/mol. The number of hydrogen-bond acceptors (Lipinski definition) is 4. The average Bonchev–Trinajstić information content (AvgIpc) is 2.65. The molecule has 130 valence electrons. The van der Waals surface area contributed by atoms with Crippen LogP contribution < -0.4 is 8.61 Å². The van der Waals surface area contributed by atoms with E-state index >= 15 is 0 Å². The minimum atomic E-state index is 0.486. The van der Waals surface area contributed by atoms with Gasteiger partial charge in [0, 0.05) is 45.4 Å². The normalized spacial score (nSPS) is 13.3. The van der Waals surface area contributed by atoms with Gasteiger partial charge in [0.15, 0.2) is 0 Å². The zero-order valence-corrected chi connectivity index (χ0v) is 16.7. The zero-order chi connectivity index (χ0) is 17.4. The molecule has 2 rings (SSSR count). The number of rotatable bonds is 9. The maximum atomic E-state index is 2.42. The van der Waals surface area contributed by atoms with Gasteiger partial charge < -0.3 is 8.61 Å². The molecule has 0 aliphatic carbocycles. The number of anilines is 2. The standard InChI is InChI=1S/C20H28N2S2/c1-5-17(3)21(19-13-9-7-10-14-19)23-24-22(18(4)6-2)20-15-11-8-12-16-20/h7-18H,5-6H2,1-4H3. The van der Waals surface area contributed by atoms with Crippen molar-refractivity contribution in [2.45, 2.75) is 52.6 Å². The molecule has 4 heteroatoms. The maximum Gasteiger partial charge on any atom is 0.0481 e. The molecular weight excluding hydrogens is 332 g/mol. The fourth-order valence-electron chi connectivity index (χ4n) is 2.30. The van der Waals surface area contributed by atoms with Crippen molar-refractivity contribution in [2.75, 3.05) is 8.61 Å². The van der Waals surface area contributed by atoms with Crippen molar-refractivity contribution in [3.8, 4) is 0 Å². The van der Waals surface area contributed by atoms with E-state index in [-0.39, 0.29) is 0 Å². The Morgan fingerprint density at radius 1 is 0.667 bits per heavy atom. The van der Waals surface area contributed by atoms with Crippen LogP contribution in [0.25, 0.3) is 0 Å². The van der Waals surface area contributed by atoms with Crippen LogP contribution in [0.2, 0.25) is 0 Å². The van der Waals surface area contributed by atoms with Crippen molar-refractivity contribution in [1.29, 1.82) is 0 Å². The highest BCUT2D eigenvalue weighted by Gasteiger charge is 2.19. The Morgan fingerprint density at radius 3 is 1.29 bits per heavy atom. The van der Waals surface area contributed by atoms with Crippen molar-refractivity contribution in [3.63, 3.8) is 0 Å². The van der Waals surface area contributed by atoms with E-state index in [4.69, 9.17) is 0 Å². The van der Waals surface area contributed by atoms with Gasteiger partial charge in [-0.2, -0.15) is 0 Å². The van der Waals surface area contributed by atoms with Crippen LogP contribution in [0.1, 0.15) is 40.5 Å². The number of benzene rings is 2. The summed E-state index contributed by atoms with van der Waals surface area (Å²) in [6.45, 7) is 9.07. The number of hydrogen-bond donors (Lipinski definition) is 0. The lowest BCUT2D eigenvalue weighted by Crippen LogP contribution is -2.29. The van der Waals surface area contributed by atoms with Crippen molar-refractivity contribution in [2.24, 2.45) is 0 Å². The SMILES string of the molecule is CCC(C)N(SSN(c1ccccc1)C(C)CC)c1ccccc1. The van der Waals surface area contributed by atoms with Gasteiger partial charge in [0.25, 0.3) is 0 Å². The third-order valence-corrected chi connectivity index (χ3v) is 6.89. The largest absolute Gasteiger partial charge is 0.303 e. The summed E-state index contributed by atoms with van der Waals surface area (Å²) < 4.78 is 4.84. The van der Waals surface area contributed by atoms with Gasteiger partial charge in [-0.15, -0.1) is 0 Å². The molecule has 0 aliphatic heterocycles. The molecule has 2 aromatic rings. The monoisotopic (exact) mass is 360 g/mol. The summed E-state index contributed by atoms with van der Waals surface area (Å²) in [6, 6.07) is 22.3. The third kappa shape index (κ3) is 5.12. The van der Waals surface area contributed by atoms with Crippen LogP contribution in [0.5, 0.6) is 0 Å². The van der Waals surface area contributed by atoms with E-state index in [2.05, 4.69) is 97.0 Å². The predicted octanol–water partition coefficient (Wildman–Crippen LogP) is 6.81. The molecule has 0 amide bonds. The lowest BCUT2D eigenvalue weighted by Gasteiger charge is -2.33. The minimum absolute atomic E-state index is 0.486. The summed E-state index contributed by atoms with van der Waals surface area (Å²) in [5.74, 6) is 0. The summed E-state index contributed by atoms with van der Waals surface area (Å²) >= 11 is 0. The van der Waals surface area contributed by atoms with Gasteiger partial charge in [0.05, 0.1) is 0 Å². The molecule has 2 aromatic carbocycles. The average molecular weight is 361 g/mol. The molecule has 0 bridgehead atoms. The van der Waals surface area contributed by atoms with Gasteiger partial charge in [0.2, 0.25) is 0 Å². The van der Waals surface area contributed by atoms with Gasteiger partial charge in [-0.05, 0) is 51.0 Å². The fourth-order valence-corrected chi connectivity index (χ4v) is 5.28. The second-order valence-corrected chi connectivity index (χ2v) is 7.97. The highest BCUT2D eigenvalue weighted by atomic mass is 33.1. The van der Waals surface area contributed by atoms with E-state index in [1.54, 1.807) is 0 Å². The first kappa shape index (κ1) is 19.1. The van der Waals surface area contributed by atoms with Crippen LogP contribution in [-0.4, -0.2) is 12.1 Å². The van der Waals surface area contributed by atoms with Gasteiger partial charge in [-0.25, -0.2) is 0 Å². The molecular formula is C20H28N2S2. The van der Waals surface area contributed by atoms with E-state index < -0.39 is 0 Å². The molecule has 0 N–H and O–H groups in total. The number of para-hydroxylation sites is 2. The molecule has 2 unspecified atom stereocenters. The molecule has 2 atom stereocenters. The van der Waals surface area contributed by atoms with Crippen LogP contribution in [0.15, 0.2) is 60.7 Å². The second-order valence-electron chi connectivity index (χ2n) is 5.99. The van der Waals surface area contributed by atoms with E-state index in [9.17, 15) is 0 Å². The molecule has 0 heterocycles. The smallest absolute Gasteiger partial charge is 0.0481 e. The summed E-state index contributed by atoms with van der Waals surface area (Å²) in [6.07, 6.45) is 2.24. The Balaban J connectivity index is 2.15. The van der Waals surface area contributed by atoms with E-state index in [0.29, 0.717) is 12.1 Å². The Bertz CT molecular complexity index is 523. The summed E-state index contributed by atoms with van der Waals surface area (Å²) in [4.78, 5) is 0. The lowest BCUT2D eigenvalue weighted by atomic mass is 10.2.